The fourth-order valence-corrected chi connectivity index (χ4v) is 2.70. The lowest BCUT2D eigenvalue weighted by molar-refractivity contribution is 0.0925. The topological polar surface area (TPSA) is 78.9 Å². The van der Waals surface area contributed by atoms with Gasteiger partial charge in [-0.15, -0.1) is 0 Å². The van der Waals surface area contributed by atoms with Crippen LogP contribution in [0.1, 0.15) is 48.1 Å². The summed E-state index contributed by atoms with van der Waals surface area (Å²) in [6, 6.07) is 15.9. The number of benzene rings is 2. The molecule has 0 spiro atoms. The highest BCUT2D eigenvalue weighted by Gasteiger charge is 2.22. The first-order chi connectivity index (χ1) is 12.1. The second-order valence-corrected chi connectivity index (χ2v) is 6.37. The van der Waals surface area contributed by atoms with Crippen molar-refractivity contribution in [3.63, 3.8) is 0 Å². The number of aromatic nitrogens is 1. The van der Waals surface area contributed by atoms with E-state index in [-0.39, 0.29) is 11.9 Å². The van der Waals surface area contributed by atoms with Crippen LogP contribution in [0, 0.1) is 17.2 Å². The van der Waals surface area contributed by atoms with Gasteiger partial charge in [0, 0.05) is 5.56 Å². The summed E-state index contributed by atoms with van der Waals surface area (Å²) >= 11 is 0. The summed E-state index contributed by atoms with van der Waals surface area (Å²) in [6.45, 7) is 4.16. The largest absolute Gasteiger partial charge is 0.438 e. The third-order valence-electron chi connectivity index (χ3n) is 3.87. The molecule has 126 valence electrons. The number of nitriles is 1. The number of hydrogen-bond acceptors (Lipinski definition) is 4. The highest BCUT2D eigenvalue weighted by Crippen LogP contribution is 2.25. The highest BCUT2D eigenvalue weighted by atomic mass is 16.3. The van der Waals surface area contributed by atoms with Crippen molar-refractivity contribution in [2.75, 3.05) is 0 Å². The van der Waals surface area contributed by atoms with Crippen molar-refractivity contribution in [2.24, 2.45) is 5.92 Å². The fourth-order valence-electron chi connectivity index (χ4n) is 2.70. The molecule has 1 heterocycles. The van der Waals surface area contributed by atoms with Gasteiger partial charge in [-0.05, 0) is 42.7 Å². The number of rotatable bonds is 5. The molecule has 5 nitrogen and oxygen atoms in total. The smallest absolute Gasteiger partial charge is 0.251 e. The number of fused-ring (bicyclic) bond motifs is 1. The molecule has 3 rings (SSSR count). The molecule has 0 aliphatic carbocycles. The number of para-hydroxylation sites is 2. The Labute approximate surface area is 146 Å². The minimum atomic E-state index is -0.328. The average Bonchev–Trinajstić information content (AvgIpc) is 3.05. The summed E-state index contributed by atoms with van der Waals surface area (Å²) in [4.78, 5) is 17.1. The summed E-state index contributed by atoms with van der Waals surface area (Å²) in [6.07, 6.45) is 0.705. The first-order valence-corrected chi connectivity index (χ1v) is 8.23. The van der Waals surface area contributed by atoms with Crippen molar-refractivity contribution in [2.45, 2.75) is 26.3 Å². The van der Waals surface area contributed by atoms with E-state index < -0.39 is 0 Å². The molecule has 1 N–H and O–H groups in total. The molecule has 1 aromatic heterocycles. The average molecular weight is 333 g/mol. The summed E-state index contributed by atoms with van der Waals surface area (Å²) in [7, 11) is 0. The Kier molecular flexibility index (Phi) is 4.80. The second kappa shape index (κ2) is 7.18. The third kappa shape index (κ3) is 3.86. The lowest BCUT2D eigenvalue weighted by Crippen LogP contribution is -2.29. The van der Waals surface area contributed by atoms with Crippen LogP contribution in [0.2, 0.25) is 0 Å². The second-order valence-electron chi connectivity index (χ2n) is 6.37. The van der Waals surface area contributed by atoms with Gasteiger partial charge in [-0.3, -0.25) is 4.79 Å². The molecule has 5 heteroatoms. The van der Waals surface area contributed by atoms with Gasteiger partial charge in [0.05, 0.1) is 11.6 Å². The van der Waals surface area contributed by atoms with E-state index >= 15 is 0 Å². The van der Waals surface area contributed by atoms with Crippen molar-refractivity contribution in [1.82, 2.24) is 10.3 Å². The molecular weight excluding hydrogens is 314 g/mol. The Morgan fingerprint density at radius 3 is 2.76 bits per heavy atom. The molecule has 0 radical (unpaired) electrons. The maximum absolute atomic E-state index is 12.6. The molecule has 3 aromatic rings. The number of nitrogens with zero attached hydrogens (tertiary/aromatic N) is 2. The fraction of sp³-hybridized carbons (Fsp3) is 0.250. The number of hydrogen-bond donors (Lipinski definition) is 1. The Balaban J connectivity index is 1.87. The monoisotopic (exact) mass is 333 g/mol. The molecule has 0 saturated carbocycles. The SMILES string of the molecule is CC(C)C[C@H](NC(=O)c1cccc(C#N)c1)c1nc2ccccc2o1. The van der Waals surface area contributed by atoms with E-state index in [4.69, 9.17) is 9.68 Å². The first-order valence-electron chi connectivity index (χ1n) is 8.23. The van der Waals surface area contributed by atoms with Crippen LogP contribution in [-0.4, -0.2) is 10.9 Å². The van der Waals surface area contributed by atoms with Crippen LogP contribution in [0.25, 0.3) is 11.1 Å². The zero-order chi connectivity index (χ0) is 17.8. The van der Waals surface area contributed by atoms with Crippen LogP contribution in [0.5, 0.6) is 0 Å². The number of carbonyl (C=O) groups is 1. The van der Waals surface area contributed by atoms with Crippen molar-refractivity contribution in [1.29, 1.82) is 5.26 Å². The minimum Gasteiger partial charge on any atom is -0.438 e. The van der Waals surface area contributed by atoms with E-state index in [0.29, 0.717) is 34.9 Å². The van der Waals surface area contributed by atoms with Crippen LogP contribution >= 0.6 is 0 Å². The number of amides is 1. The first kappa shape index (κ1) is 16.7. The molecule has 2 aromatic carbocycles. The van der Waals surface area contributed by atoms with E-state index in [1.54, 1.807) is 24.3 Å². The van der Waals surface area contributed by atoms with E-state index in [1.165, 1.54) is 0 Å². The number of oxazole rings is 1. The van der Waals surface area contributed by atoms with Crippen molar-refractivity contribution >= 4 is 17.0 Å². The van der Waals surface area contributed by atoms with Crippen LogP contribution < -0.4 is 5.32 Å². The van der Waals surface area contributed by atoms with Gasteiger partial charge in [0.25, 0.3) is 5.91 Å². The third-order valence-corrected chi connectivity index (χ3v) is 3.87. The van der Waals surface area contributed by atoms with Crippen LogP contribution in [-0.2, 0) is 0 Å². The number of carbonyl (C=O) groups excluding carboxylic acids is 1. The Morgan fingerprint density at radius 1 is 1.24 bits per heavy atom. The van der Waals surface area contributed by atoms with E-state index in [0.717, 1.165) is 5.52 Å². The number of nitrogens with one attached hydrogen (secondary N) is 1. The molecule has 1 amide bonds. The van der Waals surface area contributed by atoms with Gasteiger partial charge < -0.3 is 9.73 Å². The Hall–Kier alpha value is -3.13. The van der Waals surface area contributed by atoms with E-state index in [2.05, 4.69) is 24.1 Å². The Morgan fingerprint density at radius 2 is 2.04 bits per heavy atom. The summed E-state index contributed by atoms with van der Waals surface area (Å²) in [5, 5.41) is 12.0. The maximum atomic E-state index is 12.6. The molecule has 0 saturated heterocycles. The van der Waals surface area contributed by atoms with Gasteiger partial charge in [-0.1, -0.05) is 32.0 Å². The molecule has 0 aliphatic heterocycles. The molecule has 25 heavy (non-hydrogen) atoms. The Bertz CT molecular complexity index is 904. The van der Waals surface area contributed by atoms with Gasteiger partial charge in [-0.2, -0.15) is 5.26 Å². The minimum absolute atomic E-state index is 0.245. The predicted octanol–water partition coefficient (Wildman–Crippen LogP) is 4.22. The maximum Gasteiger partial charge on any atom is 0.251 e. The van der Waals surface area contributed by atoms with Gasteiger partial charge >= 0.3 is 0 Å². The quantitative estimate of drug-likeness (QED) is 0.758. The molecule has 0 unspecified atom stereocenters. The van der Waals surface area contributed by atoms with Crippen LogP contribution in [0.3, 0.4) is 0 Å². The summed E-state index contributed by atoms with van der Waals surface area (Å²) < 4.78 is 5.83. The molecule has 0 aliphatic rings. The predicted molar refractivity (Wildman–Crippen MR) is 94.8 cm³/mol. The van der Waals surface area contributed by atoms with Crippen LogP contribution in [0.4, 0.5) is 0 Å². The van der Waals surface area contributed by atoms with Crippen molar-refractivity contribution in [3.8, 4) is 6.07 Å². The van der Waals surface area contributed by atoms with Crippen molar-refractivity contribution < 1.29 is 9.21 Å². The normalized spacial score (nSPS) is 12.1. The molecule has 0 fully saturated rings. The lowest BCUT2D eigenvalue weighted by atomic mass is 10.0. The van der Waals surface area contributed by atoms with E-state index in [9.17, 15) is 4.79 Å². The van der Waals surface area contributed by atoms with Gasteiger partial charge in [0.1, 0.15) is 11.6 Å². The highest BCUT2D eigenvalue weighted by molar-refractivity contribution is 5.94. The van der Waals surface area contributed by atoms with Gasteiger partial charge in [0.15, 0.2) is 5.58 Å². The van der Waals surface area contributed by atoms with Crippen LogP contribution in [0.15, 0.2) is 52.9 Å². The van der Waals surface area contributed by atoms with Gasteiger partial charge in [0.2, 0.25) is 5.89 Å². The summed E-state index contributed by atoms with van der Waals surface area (Å²) in [5.41, 5.74) is 2.37. The standard InChI is InChI=1S/C20H19N3O2/c1-13(2)10-17(20-23-16-8-3-4-9-18(16)25-20)22-19(24)15-7-5-6-14(11-15)12-21/h3-9,11,13,17H,10H2,1-2H3,(H,22,24)/t17-/m0/s1. The van der Waals surface area contributed by atoms with E-state index in [1.807, 2.05) is 30.3 Å². The zero-order valence-electron chi connectivity index (χ0n) is 14.2. The molecule has 1 atom stereocenters. The zero-order valence-corrected chi connectivity index (χ0v) is 14.2. The summed E-state index contributed by atoms with van der Waals surface area (Å²) in [5.74, 6) is 0.607. The van der Waals surface area contributed by atoms with Crippen molar-refractivity contribution in [3.05, 3.63) is 65.5 Å². The molecular formula is C20H19N3O2. The lowest BCUT2D eigenvalue weighted by Gasteiger charge is -2.17. The van der Waals surface area contributed by atoms with Gasteiger partial charge in [-0.25, -0.2) is 4.98 Å². The molecule has 0 bridgehead atoms.